The van der Waals surface area contributed by atoms with Crippen LogP contribution in [0.15, 0.2) is 29.2 Å². The zero-order valence-corrected chi connectivity index (χ0v) is 12.0. The zero-order chi connectivity index (χ0) is 17.0. The van der Waals surface area contributed by atoms with Crippen LogP contribution in [-0.2, 0) is 14.6 Å². The maximum atomic E-state index is 12.0. The molecule has 1 fully saturated rings. The SMILES string of the molecule is O=C(O)C(F)(F)F.O=S(=O)(c1ccc(O)cc1)[C@H]1CCNC1. The lowest BCUT2D eigenvalue weighted by Gasteiger charge is -2.10. The van der Waals surface area contributed by atoms with Gasteiger partial charge in [-0.2, -0.15) is 13.2 Å². The lowest BCUT2D eigenvalue weighted by Crippen LogP contribution is -2.23. The van der Waals surface area contributed by atoms with Gasteiger partial charge < -0.3 is 15.5 Å². The maximum absolute atomic E-state index is 12.0. The highest BCUT2D eigenvalue weighted by Gasteiger charge is 2.38. The van der Waals surface area contributed by atoms with Crippen molar-refractivity contribution in [1.82, 2.24) is 5.32 Å². The van der Waals surface area contributed by atoms with E-state index >= 15 is 0 Å². The van der Waals surface area contributed by atoms with E-state index in [0.717, 1.165) is 6.54 Å². The molecular weight excluding hydrogens is 327 g/mol. The van der Waals surface area contributed by atoms with Gasteiger partial charge in [-0.15, -0.1) is 0 Å². The third kappa shape index (κ3) is 4.88. The van der Waals surface area contributed by atoms with Crippen LogP contribution in [0.2, 0.25) is 0 Å². The molecule has 0 aromatic heterocycles. The number of benzene rings is 1. The number of carboxylic acid groups (broad SMARTS) is 1. The van der Waals surface area contributed by atoms with Crippen LogP contribution < -0.4 is 5.32 Å². The molecule has 1 aromatic rings. The van der Waals surface area contributed by atoms with Gasteiger partial charge in [0.25, 0.3) is 0 Å². The number of nitrogens with one attached hydrogen (secondary N) is 1. The van der Waals surface area contributed by atoms with Crippen molar-refractivity contribution >= 4 is 15.8 Å². The van der Waals surface area contributed by atoms with Crippen molar-refractivity contribution in [3.63, 3.8) is 0 Å². The third-order valence-corrected chi connectivity index (χ3v) is 5.07. The van der Waals surface area contributed by atoms with Crippen LogP contribution in [0.5, 0.6) is 5.75 Å². The Balaban J connectivity index is 0.000000295. The lowest BCUT2D eigenvalue weighted by molar-refractivity contribution is -0.192. The predicted molar refractivity (Wildman–Crippen MR) is 70.3 cm³/mol. The van der Waals surface area contributed by atoms with Gasteiger partial charge in [0.05, 0.1) is 10.1 Å². The first kappa shape index (κ1) is 18.2. The van der Waals surface area contributed by atoms with E-state index in [2.05, 4.69) is 5.32 Å². The first-order valence-corrected chi connectivity index (χ1v) is 7.63. The Hall–Kier alpha value is -1.81. The second kappa shape index (κ2) is 6.97. The molecule has 0 aliphatic carbocycles. The van der Waals surface area contributed by atoms with Gasteiger partial charge >= 0.3 is 12.1 Å². The quantitative estimate of drug-likeness (QED) is 0.746. The van der Waals surface area contributed by atoms with Gasteiger partial charge in [-0.05, 0) is 37.2 Å². The Morgan fingerprint density at radius 3 is 2.09 bits per heavy atom. The fraction of sp³-hybridized carbons (Fsp3) is 0.417. The number of alkyl halides is 3. The summed E-state index contributed by atoms with van der Waals surface area (Å²) in [5.74, 6) is -2.68. The number of aromatic hydroxyl groups is 1. The normalized spacial score (nSPS) is 18.4. The van der Waals surface area contributed by atoms with Crippen LogP contribution in [0, 0.1) is 0 Å². The fourth-order valence-corrected chi connectivity index (χ4v) is 3.39. The summed E-state index contributed by atoms with van der Waals surface area (Å²) >= 11 is 0. The number of hydrogen-bond donors (Lipinski definition) is 3. The molecule has 1 atom stereocenters. The minimum absolute atomic E-state index is 0.0819. The highest BCUT2D eigenvalue weighted by molar-refractivity contribution is 7.92. The molecule has 0 unspecified atom stereocenters. The summed E-state index contributed by atoms with van der Waals surface area (Å²) in [4.78, 5) is 9.18. The van der Waals surface area contributed by atoms with Crippen LogP contribution >= 0.6 is 0 Å². The molecule has 124 valence electrons. The number of sulfone groups is 1. The summed E-state index contributed by atoms with van der Waals surface area (Å²) in [6, 6.07) is 5.69. The average Bonchev–Trinajstić information content (AvgIpc) is 2.93. The molecule has 0 spiro atoms. The minimum Gasteiger partial charge on any atom is -0.508 e. The molecule has 0 saturated carbocycles. The van der Waals surface area contributed by atoms with E-state index in [-0.39, 0.29) is 15.9 Å². The van der Waals surface area contributed by atoms with Crippen molar-refractivity contribution in [1.29, 1.82) is 0 Å². The number of halogens is 3. The molecule has 1 aliphatic heterocycles. The first-order valence-electron chi connectivity index (χ1n) is 6.09. The van der Waals surface area contributed by atoms with Crippen LogP contribution in [-0.4, -0.2) is 49.1 Å². The molecular formula is C12H14F3NO5S. The standard InChI is InChI=1S/C10H13NO3S.C2HF3O2/c12-8-1-3-9(4-2-8)15(13,14)10-5-6-11-7-10;3-2(4,5)1(6)7/h1-4,10-12H,5-7H2;(H,6,7)/t10-;/m0./s1. The van der Waals surface area contributed by atoms with Crippen molar-refractivity contribution in [2.75, 3.05) is 13.1 Å². The van der Waals surface area contributed by atoms with Crippen molar-refractivity contribution in [3.05, 3.63) is 24.3 Å². The maximum Gasteiger partial charge on any atom is 0.490 e. The van der Waals surface area contributed by atoms with E-state index in [1.165, 1.54) is 24.3 Å². The summed E-state index contributed by atoms with van der Waals surface area (Å²) < 4.78 is 55.8. The monoisotopic (exact) mass is 341 g/mol. The summed E-state index contributed by atoms with van der Waals surface area (Å²) in [5, 5.41) is 18.9. The van der Waals surface area contributed by atoms with E-state index in [9.17, 15) is 21.6 Å². The minimum atomic E-state index is -5.08. The van der Waals surface area contributed by atoms with Crippen molar-refractivity contribution in [3.8, 4) is 5.75 Å². The summed E-state index contributed by atoms with van der Waals surface area (Å²) in [6.45, 7) is 1.27. The number of aliphatic carboxylic acids is 1. The first-order chi connectivity index (χ1) is 10.0. The smallest absolute Gasteiger partial charge is 0.490 e. The highest BCUT2D eigenvalue weighted by atomic mass is 32.2. The van der Waals surface area contributed by atoms with E-state index in [0.29, 0.717) is 13.0 Å². The Morgan fingerprint density at radius 2 is 1.73 bits per heavy atom. The Morgan fingerprint density at radius 1 is 1.23 bits per heavy atom. The molecule has 0 amide bonds. The van der Waals surface area contributed by atoms with E-state index in [1.807, 2.05) is 0 Å². The van der Waals surface area contributed by atoms with E-state index < -0.39 is 22.0 Å². The van der Waals surface area contributed by atoms with Crippen LogP contribution in [0.3, 0.4) is 0 Å². The van der Waals surface area contributed by atoms with Gasteiger partial charge in [0.1, 0.15) is 5.75 Å². The fourth-order valence-electron chi connectivity index (χ4n) is 1.72. The molecule has 2 rings (SSSR count). The summed E-state index contributed by atoms with van der Waals surface area (Å²) in [6.07, 6.45) is -4.43. The average molecular weight is 341 g/mol. The van der Waals surface area contributed by atoms with Gasteiger partial charge in [-0.25, -0.2) is 13.2 Å². The third-order valence-electron chi connectivity index (χ3n) is 2.86. The van der Waals surface area contributed by atoms with Gasteiger partial charge in [0, 0.05) is 6.54 Å². The van der Waals surface area contributed by atoms with Gasteiger partial charge in [0.15, 0.2) is 9.84 Å². The molecule has 6 nitrogen and oxygen atoms in total. The number of phenols is 1. The number of rotatable bonds is 2. The molecule has 3 N–H and O–H groups in total. The molecule has 1 heterocycles. The molecule has 0 bridgehead atoms. The van der Waals surface area contributed by atoms with Gasteiger partial charge in [0.2, 0.25) is 0 Å². The highest BCUT2D eigenvalue weighted by Crippen LogP contribution is 2.22. The van der Waals surface area contributed by atoms with Gasteiger partial charge in [-0.3, -0.25) is 0 Å². The lowest BCUT2D eigenvalue weighted by atomic mass is 10.3. The molecule has 10 heteroatoms. The van der Waals surface area contributed by atoms with Crippen LogP contribution in [0.25, 0.3) is 0 Å². The zero-order valence-electron chi connectivity index (χ0n) is 11.2. The summed E-state index contributed by atoms with van der Waals surface area (Å²) in [7, 11) is -3.23. The van der Waals surface area contributed by atoms with Crippen molar-refractivity contribution < 1.29 is 36.6 Å². The topological polar surface area (TPSA) is 104 Å². The number of phenolic OH excluding ortho intramolecular Hbond substituents is 1. The molecule has 0 radical (unpaired) electrons. The van der Waals surface area contributed by atoms with Crippen molar-refractivity contribution in [2.24, 2.45) is 0 Å². The van der Waals surface area contributed by atoms with E-state index in [4.69, 9.17) is 15.0 Å². The Labute approximate surface area is 124 Å². The van der Waals surface area contributed by atoms with Gasteiger partial charge in [-0.1, -0.05) is 0 Å². The summed E-state index contributed by atoms with van der Waals surface area (Å²) in [5.41, 5.74) is 0. The van der Waals surface area contributed by atoms with Crippen molar-refractivity contribution in [2.45, 2.75) is 22.7 Å². The van der Waals surface area contributed by atoms with E-state index in [1.54, 1.807) is 0 Å². The molecule has 1 saturated heterocycles. The number of carboxylic acids is 1. The molecule has 1 aliphatic rings. The Bertz CT molecular complexity index is 607. The van der Waals surface area contributed by atoms with Crippen LogP contribution in [0.1, 0.15) is 6.42 Å². The largest absolute Gasteiger partial charge is 0.508 e. The Kier molecular flexibility index (Phi) is 5.78. The van der Waals surface area contributed by atoms with Crippen LogP contribution in [0.4, 0.5) is 13.2 Å². The molecule has 1 aromatic carbocycles. The second-order valence-electron chi connectivity index (χ2n) is 4.46. The predicted octanol–water partition coefficient (Wildman–Crippen LogP) is 1.16. The molecule has 22 heavy (non-hydrogen) atoms. The number of carbonyl (C=O) groups is 1. The second-order valence-corrected chi connectivity index (χ2v) is 6.68. The number of hydrogen-bond acceptors (Lipinski definition) is 5.